The van der Waals surface area contributed by atoms with E-state index in [1.165, 1.54) is 11.3 Å². The summed E-state index contributed by atoms with van der Waals surface area (Å²) in [5.41, 5.74) is 1.94. The van der Waals surface area contributed by atoms with Gasteiger partial charge in [0.2, 0.25) is 5.91 Å². The molecule has 0 bridgehead atoms. The molecule has 154 valence electrons. The summed E-state index contributed by atoms with van der Waals surface area (Å²) in [6, 6.07) is 11.3. The minimum absolute atomic E-state index is 0.0431. The average Bonchev–Trinajstić information content (AvgIpc) is 3.46. The van der Waals surface area contributed by atoms with Crippen molar-refractivity contribution in [2.75, 3.05) is 13.1 Å². The van der Waals surface area contributed by atoms with Crippen molar-refractivity contribution < 1.29 is 13.2 Å². The first-order chi connectivity index (χ1) is 14.0. The van der Waals surface area contributed by atoms with E-state index >= 15 is 0 Å². The van der Waals surface area contributed by atoms with Crippen molar-refractivity contribution in [2.45, 2.75) is 42.9 Å². The first-order valence-electron chi connectivity index (χ1n) is 9.81. The van der Waals surface area contributed by atoms with Gasteiger partial charge in [-0.05, 0) is 43.5 Å². The van der Waals surface area contributed by atoms with Crippen molar-refractivity contribution in [1.82, 2.24) is 19.6 Å². The monoisotopic (exact) mass is 432 g/mol. The number of benzene rings is 1. The second kappa shape index (κ2) is 8.64. The maximum absolute atomic E-state index is 12.6. The molecule has 1 aromatic carbocycles. The van der Waals surface area contributed by atoms with Crippen LogP contribution in [0.5, 0.6) is 0 Å². The van der Waals surface area contributed by atoms with Gasteiger partial charge in [-0.3, -0.25) is 4.79 Å². The molecule has 29 heavy (non-hydrogen) atoms. The SMILES string of the molecule is O=C(CCCc1nc2ccccc2[nH]1)NCc1ccc(S(=O)(=O)N2CCCC2)s1. The van der Waals surface area contributed by atoms with Gasteiger partial charge < -0.3 is 10.3 Å². The second-order valence-corrected chi connectivity index (χ2v) is 10.5. The number of aryl methyl sites for hydroxylation is 1. The molecule has 0 saturated carbocycles. The highest BCUT2D eigenvalue weighted by atomic mass is 32.2. The number of hydrogen-bond acceptors (Lipinski definition) is 5. The number of nitrogens with zero attached hydrogens (tertiary/aromatic N) is 2. The summed E-state index contributed by atoms with van der Waals surface area (Å²) in [5, 5.41) is 2.88. The number of carbonyl (C=O) groups is 1. The Bertz CT molecular complexity index is 1060. The van der Waals surface area contributed by atoms with E-state index in [2.05, 4.69) is 15.3 Å². The first-order valence-corrected chi connectivity index (χ1v) is 12.1. The highest BCUT2D eigenvalue weighted by Crippen LogP contribution is 2.27. The van der Waals surface area contributed by atoms with Gasteiger partial charge in [0.1, 0.15) is 10.0 Å². The maximum atomic E-state index is 12.6. The quantitative estimate of drug-likeness (QED) is 0.572. The number of hydrogen-bond donors (Lipinski definition) is 2. The lowest BCUT2D eigenvalue weighted by Gasteiger charge is -2.13. The maximum Gasteiger partial charge on any atom is 0.252 e. The Balaban J connectivity index is 1.24. The highest BCUT2D eigenvalue weighted by molar-refractivity contribution is 7.91. The zero-order valence-corrected chi connectivity index (χ0v) is 17.7. The second-order valence-electron chi connectivity index (χ2n) is 7.16. The van der Waals surface area contributed by atoms with Crippen molar-refractivity contribution in [2.24, 2.45) is 0 Å². The van der Waals surface area contributed by atoms with Gasteiger partial charge in [-0.25, -0.2) is 13.4 Å². The molecule has 7 nitrogen and oxygen atoms in total. The largest absolute Gasteiger partial charge is 0.351 e. The number of rotatable bonds is 8. The summed E-state index contributed by atoms with van der Waals surface area (Å²) in [6.45, 7) is 1.54. The van der Waals surface area contributed by atoms with Gasteiger partial charge in [0.05, 0.1) is 17.6 Å². The Labute approximate surface area is 174 Å². The molecule has 1 amide bonds. The molecule has 4 rings (SSSR count). The minimum atomic E-state index is -3.38. The van der Waals surface area contributed by atoms with Crippen molar-refractivity contribution in [3.8, 4) is 0 Å². The van der Waals surface area contributed by atoms with E-state index in [0.717, 1.165) is 34.6 Å². The van der Waals surface area contributed by atoms with Crippen LogP contribution in [0.4, 0.5) is 0 Å². The minimum Gasteiger partial charge on any atom is -0.351 e. The molecule has 9 heteroatoms. The Morgan fingerprint density at radius 2 is 1.97 bits per heavy atom. The Morgan fingerprint density at radius 1 is 1.17 bits per heavy atom. The molecule has 0 unspecified atom stereocenters. The summed E-state index contributed by atoms with van der Waals surface area (Å²) < 4.78 is 27.0. The molecular weight excluding hydrogens is 408 g/mol. The lowest BCUT2D eigenvalue weighted by atomic mass is 10.2. The fourth-order valence-corrected chi connectivity index (χ4v) is 6.43. The van der Waals surface area contributed by atoms with Crippen LogP contribution in [0.25, 0.3) is 11.0 Å². The molecule has 3 heterocycles. The molecule has 0 spiro atoms. The number of carbonyl (C=O) groups excluding carboxylic acids is 1. The van der Waals surface area contributed by atoms with Gasteiger partial charge in [0, 0.05) is 30.8 Å². The molecule has 2 aromatic heterocycles. The van der Waals surface area contributed by atoms with Crippen molar-refractivity contribution in [3.63, 3.8) is 0 Å². The number of imidazole rings is 1. The Morgan fingerprint density at radius 3 is 2.76 bits per heavy atom. The zero-order chi connectivity index (χ0) is 20.3. The summed E-state index contributed by atoms with van der Waals surface area (Å²) >= 11 is 1.23. The zero-order valence-electron chi connectivity index (χ0n) is 16.1. The van der Waals surface area contributed by atoms with E-state index < -0.39 is 10.0 Å². The summed E-state index contributed by atoms with van der Waals surface area (Å²) in [4.78, 5) is 20.7. The van der Waals surface area contributed by atoms with E-state index in [4.69, 9.17) is 0 Å². The highest BCUT2D eigenvalue weighted by Gasteiger charge is 2.28. The van der Waals surface area contributed by atoms with Crippen LogP contribution in [0.2, 0.25) is 0 Å². The van der Waals surface area contributed by atoms with E-state index in [-0.39, 0.29) is 5.91 Å². The number of nitrogens with one attached hydrogen (secondary N) is 2. The first kappa shape index (κ1) is 20.1. The predicted molar refractivity (Wildman–Crippen MR) is 113 cm³/mol. The van der Waals surface area contributed by atoms with E-state index in [1.807, 2.05) is 24.3 Å². The molecule has 1 aliphatic rings. The topological polar surface area (TPSA) is 95.2 Å². The fraction of sp³-hybridized carbons (Fsp3) is 0.400. The number of H-pyrrole nitrogens is 1. The number of fused-ring (bicyclic) bond motifs is 1. The van der Waals surface area contributed by atoms with Crippen LogP contribution in [0.1, 0.15) is 36.4 Å². The van der Waals surface area contributed by atoms with Gasteiger partial charge >= 0.3 is 0 Å². The third-order valence-corrected chi connectivity index (χ3v) is 8.46. The van der Waals surface area contributed by atoms with Crippen LogP contribution in [0.3, 0.4) is 0 Å². The van der Waals surface area contributed by atoms with Crippen LogP contribution in [0, 0.1) is 0 Å². The molecule has 1 fully saturated rings. The third kappa shape index (κ3) is 4.68. The molecule has 1 saturated heterocycles. The van der Waals surface area contributed by atoms with Crippen LogP contribution in [-0.4, -0.2) is 41.7 Å². The van der Waals surface area contributed by atoms with Crippen molar-refractivity contribution >= 4 is 38.3 Å². The van der Waals surface area contributed by atoms with Gasteiger partial charge in [0.15, 0.2) is 0 Å². The third-order valence-electron chi connectivity index (χ3n) is 5.01. The lowest BCUT2D eigenvalue weighted by molar-refractivity contribution is -0.121. The number of para-hydroxylation sites is 2. The van der Waals surface area contributed by atoms with Crippen molar-refractivity contribution in [1.29, 1.82) is 0 Å². The fourth-order valence-electron chi connectivity index (χ4n) is 3.46. The van der Waals surface area contributed by atoms with Gasteiger partial charge in [-0.15, -0.1) is 11.3 Å². The summed E-state index contributed by atoms with van der Waals surface area (Å²) in [5.74, 6) is 0.840. The van der Waals surface area contributed by atoms with Gasteiger partial charge in [0.25, 0.3) is 10.0 Å². The Kier molecular flexibility index (Phi) is 5.98. The normalized spacial score (nSPS) is 15.2. The van der Waals surface area contributed by atoms with E-state index in [0.29, 0.717) is 43.1 Å². The van der Waals surface area contributed by atoms with Gasteiger partial charge in [-0.2, -0.15) is 4.31 Å². The number of amides is 1. The van der Waals surface area contributed by atoms with Crippen LogP contribution >= 0.6 is 11.3 Å². The van der Waals surface area contributed by atoms with Crippen LogP contribution in [0.15, 0.2) is 40.6 Å². The lowest BCUT2D eigenvalue weighted by Crippen LogP contribution is -2.27. The average molecular weight is 433 g/mol. The molecule has 0 radical (unpaired) electrons. The number of aromatic nitrogens is 2. The number of aromatic amines is 1. The van der Waals surface area contributed by atoms with Crippen LogP contribution in [-0.2, 0) is 27.8 Å². The molecule has 2 N–H and O–H groups in total. The standard InChI is InChI=1S/C20H24N4O3S2/c25-19(9-5-8-18-22-16-6-1-2-7-17(16)23-18)21-14-15-10-11-20(28-15)29(26,27)24-12-3-4-13-24/h1-2,6-7,10-11H,3-5,8-9,12-14H2,(H,21,25)(H,22,23). The molecule has 0 aliphatic carbocycles. The Hall–Kier alpha value is -2.23. The molecule has 0 atom stereocenters. The van der Waals surface area contributed by atoms with Crippen molar-refractivity contribution in [3.05, 3.63) is 47.1 Å². The van der Waals surface area contributed by atoms with Crippen LogP contribution < -0.4 is 5.32 Å². The van der Waals surface area contributed by atoms with E-state index in [9.17, 15) is 13.2 Å². The van der Waals surface area contributed by atoms with E-state index in [1.54, 1.807) is 16.4 Å². The number of sulfonamides is 1. The predicted octanol–water partition coefficient (Wildman–Crippen LogP) is 3.05. The molecule has 3 aromatic rings. The number of thiophene rings is 1. The summed E-state index contributed by atoms with van der Waals surface area (Å²) in [7, 11) is -3.38. The summed E-state index contributed by atoms with van der Waals surface area (Å²) in [6.07, 6.45) is 3.65. The van der Waals surface area contributed by atoms with Gasteiger partial charge in [-0.1, -0.05) is 12.1 Å². The molecular formula is C20H24N4O3S2. The molecule has 1 aliphatic heterocycles. The smallest absolute Gasteiger partial charge is 0.252 e.